The number of aromatic nitrogens is 1. The first-order chi connectivity index (χ1) is 10.8. The zero-order chi connectivity index (χ0) is 16.6. The molecule has 1 atom stereocenters. The van der Waals surface area contributed by atoms with Crippen molar-refractivity contribution in [1.82, 2.24) is 19.5 Å². The number of nitrogens with one attached hydrogen (secondary N) is 1. The Labute approximate surface area is 140 Å². The summed E-state index contributed by atoms with van der Waals surface area (Å²) in [5, 5.41) is 5.88. The van der Waals surface area contributed by atoms with E-state index in [9.17, 15) is 13.2 Å². The SMILES string of the molecule is C[C@H]1CN(C(=O)NCc2nc(C3CC3)cs2)CCN1S(C)(=O)=O. The van der Waals surface area contributed by atoms with Gasteiger partial charge in [0.1, 0.15) is 5.01 Å². The van der Waals surface area contributed by atoms with Crippen LogP contribution in [0.5, 0.6) is 0 Å². The fourth-order valence-corrected chi connectivity index (χ4v) is 4.80. The van der Waals surface area contributed by atoms with Gasteiger partial charge in [0.15, 0.2) is 0 Å². The van der Waals surface area contributed by atoms with Crippen molar-refractivity contribution in [2.24, 2.45) is 0 Å². The average molecular weight is 358 g/mol. The number of thiazole rings is 1. The number of urea groups is 1. The highest BCUT2D eigenvalue weighted by atomic mass is 32.2. The van der Waals surface area contributed by atoms with E-state index in [1.807, 2.05) is 6.92 Å². The van der Waals surface area contributed by atoms with Gasteiger partial charge in [0.25, 0.3) is 0 Å². The van der Waals surface area contributed by atoms with Crippen molar-refractivity contribution < 1.29 is 13.2 Å². The predicted octanol–water partition coefficient (Wildman–Crippen LogP) is 1.20. The summed E-state index contributed by atoms with van der Waals surface area (Å²) >= 11 is 1.58. The van der Waals surface area contributed by atoms with Crippen molar-refractivity contribution in [2.45, 2.75) is 38.3 Å². The average Bonchev–Trinajstić information content (AvgIpc) is 3.22. The fraction of sp³-hybridized carbons (Fsp3) is 0.714. The highest BCUT2D eigenvalue weighted by Crippen LogP contribution is 2.40. The predicted molar refractivity (Wildman–Crippen MR) is 88.9 cm³/mol. The van der Waals surface area contributed by atoms with Crippen LogP contribution < -0.4 is 5.32 Å². The third-order valence-electron chi connectivity index (χ3n) is 4.24. The van der Waals surface area contributed by atoms with E-state index in [-0.39, 0.29) is 12.1 Å². The molecule has 3 rings (SSSR count). The van der Waals surface area contributed by atoms with Gasteiger partial charge in [-0.25, -0.2) is 18.2 Å². The van der Waals surface area contributed by atoms with Crippen LogP contribution in [0, 0.1) is 0 Å². The van der Waals surface area contributed by atoms with E-state index in [1.165, 1.54) is 23.4 Å². The van der Waals surface area contributed by atoms with Crippen molar-refractivity contribution in [3.05, 3.63) is 16.1 Å². The van der Waals surface area contributed by atoms with Crippen molar-refractivity contribution in [2.75, 3.05) is 25.9 Å². The summed E-state index contributed by atoms with van der Waals surface area (Å²) in [6.07, 6.45) is 3.65. The van der Waals surface area contributed by atoms with Gasteiger partial charge in [0, 0.05) is 37.0 Å². The minimum absolute atomic E-state index is 0.159. The molecular formula is C14H22N4O3S2. The maximum absolute atomic E-state index is 12.3. The summed E-state index contributed by atoms with van der Waals surface area (Å²) in [5.41, 5.74) is 1.15. The highest BCUT2D eigenvalue weighted by molar-refractivity contribution is 7.88. The van der Waals surface area contributed by atoms with E-state index in [0.717, 1.165) is 10.7 Å². The molecule has 1 aromatic rings. The van der Waals surface area contributed by atoms with E-state index in [4.69, 9.17) is 0 Å². The number of hydrogen-bond donors (Lipinski definition) is 1. The van der Waals surface area contributed by atoms with Gasteiger partial charge < -0.3 is 10.2 Å². The molecule has 2 heterocycles. The Bertz CT molecular complexity index is 684. The quantitative estimate of drug-likeness (QED) is 0.877. The number of rotatable bonds is 4. The van der Waals surface area contributed by atoms with Crippen LogP contribution in [0.25, 0.3) is 0 Å². The summed E-state index contributed by atoms with van der Waals surface area (Å²) in [6.45, 7) is 3.41. The minimum Gasteiger partial charge on any atom is -0.331 e. The van der Waals surface area contributed by atoms with E-state index in [1.54, 1.807) is 16.2 Å². The molecule has 1 saturated heterocycles. The van der Waals surface area contributed by atoms with Crippen molar-refractivity contribution in [3.8, 4) is 0 Å². The Morgan fingerprint density at radius 1 is 1.43 bits per heavy atom. The topological polar surface area (TPSA) is 82.6 Å². The lowest BCUT2D eigenvalue weighted by Gasteiger charge is -2.38. The summed E-state index contributed by atoms with van der Waals surface area (Å²) in [4.78, 5) is 18.5. The molecule has 1 aliphatic carbocycles. The van der Waals surface area contributed by atoms with Crippen LogP contribution in [0.4, 0.5) is 4.79 Å². The zero-order valence-corrected chi connectivity index (χ0v) is 15.0. The summed E-state index contributed by atoms with van der Waals surface area (Å²) < 4.78 is 24.7. The zero-order valence-electron chi connectivity index (χ0n) is 13.4. The van der Waals surface area contributed by atoms with Crippen LogP contribution in [0.3, 0.4) is 0 Å². The molecule has 1 saturated carbocycles. The van der Waals surface area contributed by atoms with Gasteiger partial charge in [-0.1, -0.05) is 0 Å². The number of carbonyl (C=O) groups excluding carboxylic acids is 1. The molecule has 23 heavy (non-hydrogen) atoms. The Hall–Kier alpha value is -1.19. The lowest BCUT2D eigenvalue weighted by Crippen LogP contribution is -2.56. The molecule has 2 aliphatic rings. The molecule has 7 nitrogen and oxygen atoms in total. The number of carbonyl (C=O) groups is 1. The van der Waals surface area contributed by atoms with Crippen LogP contribution in [-0.2, 0) is 16.6 Å². The summed E-state index contributed by atoms with van der Waals surface area (Å²) in [6, 6.07) is -0.362. The Kier molecular flexibility index (Phi) is 4.61. The van der Waals surface area contributed by atoms with Gasteiger partial charge in [-0.15, -0.1) is 11.3 Å². The molecule has 0 radical (unpaired) electrons. The van der Waals surface area contributed by atoms with Crippen molar-refractivity contribution in [3.63, 3.8) is 0 Å². The van der Waals surface area contributed by atoms with E-state index < -0.39 is 10.0 Å². The van der Waals surface area contributed by atoms with Gasteiger partial charge in [0.2, 0.25) is 10.0 Å². The standard InChI is InChI=1S/C14H22N4O3S2/c1-10-8-17(5-6-18(10)23(2,20)21)14(19)15-7-13-16-12(9-22-13)11-3-4-11/h9-11H,3-8H2,1-2H3,(H,15,19)/t10-/m0/s1. The highest BCUT2D eigenvalue weighted by Gasteiger charge is 2.32. The molecule has 2 fully saturated rings. The van der Waals surface area contributed by atoms with Crippen LogP contribution in [0.15, 0.2) is 5.38 Å². The van der Waals surface area contributed by atoms with Gasteiger partial charge in [-0.2, -0.15) is 4.31 Å². The Morgan fingerprint density at radius 2 is 2.17 bits per heavy atom. The molecule has 9 heteroatoms. The number of sulfonamides is 1. The lowest BCUT2D eigenvalue weighted by molar-refractivity contribution is 0.147. The first-order valence-corrected chi connectivity index (χ1v) is 10.5. The molecule has 1 aromatic heterocycles. The Balaban J connectivity index is 1.50. The first kappa shape index (κ1) is 16.7. The van der Waals surface area contributed by atoms with Crippen LogP contribution in [-0.4, -0.2) is 60.6 Å². The number of nitrogens with zero attached hydrogens (tertiary/aromatic N) is 3. The van der Waals surface area contributed by atoms with Crippen LogP contribution >= 0.6 is 11.3 Å². The van der Waals surface area contributed by atoms with Crippen LogP contribution in [0.2, 0.25) is 0 Å². The maximum Gasteiger partial charge on any atom is 0.317 e. The lowest BCUT2D eigenvalue weighted by atomic mass is 10.2. The molecular weight excluding hydrogens is 336 g/mol. The van der Waals surface area contributed by atoms with Gasteiger partial charge in [-0.3, -0.25) is 0 Å². The molecule has 2 amide bonds. The van der Waals surface area contributed by atoms with E-state index in [2.05, 4.69) is 15.7 Å². The van der Waals surface area contributed by atoms with Crippen LogP contribution in [0.1, 0.15) is 36.4 Å². The molecule has 1 N–H and O–H groups in total. The third-order valence-corrected chi connectivity index (χ3v) is 6.50. The number of hydrogen-bond acceptors (Lipinski definition) is 5. The fourth-order valence-electron chi connectivity index (χ4n) is 2.85. The second-order valence-corrected chi connectivity index (χ2v) is 9.15. The number of amides is 2. The Morgan fingerprint density at radius 3 is 2.78 bits per heavy atom. The monoisotopic (exact) mass is 358 g/mol. The molecule has 0 bridgehead atoms. The molecule has 128 valence electrons. The second kappa shape index (κ2) is 6.37. The maximum atomic E-state index is 12.3. The van der Waals surface area contributed by atoms with Gasteiger partial charge in [0.05, 0.1) is 18.5 Å². The van der Waals surface area contributed by atoms with Gasteiger partial charge >= 0.3 is 6.03 Å². The third kappa shape index (κ3) is 4.02. The van der Waals surface area contributed by atoms with Gasteiger partial charge in [-0.05, 0) is 19.8 Å². The summed E-state index contributed by atoms with van der Waals surface area (Å²) in [7, 11) is -3.21. The molecule has 0 unspecified atom stereocenters. The smallest absolute Gasteiger partial charge is 0.317 e. The van der Waals surface area contributed by atoms with Crippen molar-refractivity contribution in [1.29, 1.82) is 0 Å². The molecule has 0 aromatic carbocycles. The van der Waals surface area contributed by atoms with E-state index >= 15 is 0 Å². The normalized spacial score (nSPS) is 23.0. The minimum atomic E-state index is -3.21. The molecule has 0 spiro atoms. The summed E-state index contributed by atoms with van der Waals surface area (Å²) in [5.74, 6) is 0.626. The largest absolute Gasteiger partial charge is 0.331 e. The van der Waals surface area contributed by atoms with Crippen molar-refractivity contribution >= 4 is 27.4 Å². The number of piperazine rings is 1. The first-order valence-electron chi connectivity index (χ1n) is 7.78. The second-order valence-electron chi connectivity index (χ2n) is 6.27. The molecule has 1 aliphatic heterocycles. The van der Waals surface area contributed by atoms with E-state index in [0.29, 0.717) is 32.1 Å².